The van der Waals surface area contributed by atoms with Crippen molar-refractivity contribution < 1.29 is 18.8 Å². The molecule has 0 fully saturated rings. The Hall–Kier alpha value is -2.42. The highest BCUT2D eigenvalue weighted by Gasteiger charge is 2.27. The summed E-state index contributed by atoms with van der Waals surface area (Å²) in [6.07, 6.45) is 1.27. The summed E-state index contributed by atoms with van der Waals surface area (Å²) in [5.41, 5.74) is 0.593. The van der Waals surface area contributed by atoms with E-state index in [0.29, 0.717) is 42.5 Å². The summed E-state index contributed by atoms with van der Waals surface area (Å²) in [6.45, 7) is 2.10. The van der Waals surface area contributed by atoms with E-state index in [0.717, 1.165) is 4.47 Å². The molecule has 1 aromatic carbocycles. The van der Waals surface area contributed by atoms with Gasteiger partial charge in [0.2, 0.25) is 11.8 Å². The van der Waals surface area contributed by atoms with Gasteiger partial charge in [0.05, 0.1) is 5.69 Å². The number of fused-ring (bicyclic) bond motifs is 1. The van der Waals surface area contributed by atoms with Gasteiger partial charge in [0.1, 0.15) is 12.3 Å². The normalized spacial score (nSPS) is 13.4. The van der Waals surface area contributed by atoms with Crippen molar-refractivity contribution in [3.05, 3.63) is 34.4 Å². The lowest BCUT2D eigenvalue weighted by Gasteiger charge is -2.29. The van der Waals surface area contributed by atoms with Crippen LogP contribution in [0.4, 0.5) is 5.69 Å². The number of carbonyl (C=O) groups is 2. The second kappa shape index (κ2) is 7.64. The summed E-state index contributed by atoms with van der Waals surface area (Å²) in [7, 11) is 0. The van der Waals surface area contributed by atoms with E-state index in [1.807, 2.05) is 0 Å². The Morgan fingerprint density at radius 2 is 2.28 bits per heavy atom. The molecule has 0 atom stereocenters. The highest BCUT2D eigenvalue weighted by atomic mass is 79.9. The molecule has 9 heteroatoms. The third-order valence-corrected chi connectivity index (χ3v) is 4.12. The predicted molar refractivity (Wildman–Crippen MR) is 92.4 cm³/mol. The maximum Gasteiger partial charge on any atom is 0.265 e. The van der Waals surface area contributed by atoms with Crippen LogP contribution in [0, 0.1) is 6.92 Å². The van der Waals surface area contributed by atoms with E-state index < -0.39 is 0 Å². The molecule has 8 nitrogen and oxygen atoms in total. The van der Waals surface area contributed by atoms with Crippen molar-refractivity contribution in [1.29, 1.82) is 0 Å². The van der Waals surface area contributed by atoms with Crippen LogP contribution in [0.3, 0.4) is 0 Å². The molecule has 1 aromatic heterocycles. The number of hydrogen-bond donors (Lipinski definition) is 1. The van der Waals surface area contributed by atoms with E-state index in [9.17, 15) is 9.59 Å². The lowest BCUT2D eigenvalue weighted by molar-refractivity contribution is -0.125. The van der Waals surface area contributed by atoms with Crippen LogP contribution in [0.5, 0.6) is 5.75 Å². The first-order chi connectivity index (χ1) is 12.0. The molecule has 2 amide bonds. The number of rotatable bonds is 6. The van der Waals surface area contributed by atoms with E-state index in [1.54, 1.807) is 25.1 Å². The molecule has 0 aliphatic carbocycles. The summed E-state index contributed by atoms with van der Waals surface area (Å²) < 4.78 is 11.3. The minimum absolute atomic E-state index is 0.0451. The van der Waals surface area contributed by atoms with Gasteiger partial charge in [0.15, 0.2) is 12.4 Å². The van der Waals surface area contributed by atoms with Gasteiger partial charge in [-0.3, -0.25) is 14.5 Å². The van der Waals surface area contributed by atoms with Crippen molar-refractivity contribution in [3.63, 3.8) is 0 Å². The fourth-order valence-electron chi connectivity index (χ4n) is 2.46. The fraction of sp³-hybridized carbons (Fsp3) is 0.375. The number of carbonyl (C=O) groups excluding carboxylic acids is 2. The van der Waals surface area contributed by atoms with E-state index in [4.69, 9.17) is 9.26 Å². The van der Waals surface area contributed by atoms with Gasteiger partial charge in [-0.05, 0) is 31.5 Å². The van der Waals surface area contributed by atoms with Crippen molar-refractivity contribution in [2.75, 3.05) is 24.6 Å². The number of amides is 2. The first kappa shape index (κ1) is 17.4. The monoisotopic (exact) mass is 408 g/mol. The van der Waals surface area contributed by atoms with Crippen molar-refractivity contribution >= 4 is 33.4 Å². The van der Waals surface area contributed by atoms with Gasteiger partial charge in [0.25, 0.3) is 5.91 Å². The molecule has 0 radical (unpaired) electrons. The molecule has 1 N–H and O–H groups in total. The zero-order valence-electron chi connectivity index (χ0n) is 13.6. The largest absolute Gasteiger partial charge is 0.482 e. The van der Waals surface area contributed by atoms with Gasteiger partial charge in [-0.25, -0.2) is 0 Å². The molecular weight excluding hydrogens is 392 g/mol. The number of hydrogen-bond acceptors (Lipinski definition) is 6. The lowest BCUT2D eigenvalue weighted by atomic mass is 10.2. The number of nitrogens with zero attached hydrogens (tertiary/aromatic N) is 3. The molecule has 0 unspecified atom stereocenters. The van der Waals surface area contributed by atoms with Crippen molar-refractivity contribution in [2.24, 2.45) is 0 Å². The molecule has 1 aliphatic rings. The smallest absolute Gasteiger partial charge is 0.265 e. The molecule has 3 rings (SSSR count). The van der Waals surface area contributed by atoms with E-state index >= 15 is 0 Å². The third-order valence-electron chi connectivity index (χ3n) is 3.63. The zero-order valence-corrected chi connectivity index (χ0v) is 15.2. The summed E-state index contributed by atoms with van der Waals surface area (Å²) in [4.78, 5) is 29.8. The second-order valence-corrected chi connectivity index (χ2v) is 6.49. The maximum atomic E-state index is 12.1. The number of benzene rings is 1. The highest BCUT2D eigenvalue weighted by molar-refractivity contribution is 9.10. The van der Waals surface area contributed by atoms with Gasteiger partial charge in [-0.1, -0.05) is 21.1 Å². The Morgan fingerprint density at radius 1 is 1.44 bits per heavy atom. The van der Waals surface area contributed by atoms with Crippen LogP contribution in [0.1, 0.15) is 18.1 Å². The van der Waals surface area contributed by atoms with Gasteiger partial charge >= 0.3 is 0 Å². The number of nitrogens with one attached hydrogen (secondary N) is 1. The van der Waals surface area contributed by atoms with Crippen molar-refractivity contribution in [2.45, 2.75) is 19.8 Å². The Labute approximate surface area is 152 Å². The second-order valence-electron chi connectivity index (χ2n) is 5.57. The van der Waals surface area contributed by atoms with Crippen LogP contribution in [-0.4, -0.2) is 41.7 Å². The van der Waals surface area contributed by atoms with Crippen LogP contribution in [0.25, 0.3) is 0 Å². The number of aryl methyl sites for hydroxylation is 2. The quantitative estimate of drug-likeness (QED) is 0.729. The molecular formula is C16H17BrN4O4. The van der Waals surface area contributed by atoms with E-state index in [2.05, 4.69) is 31.4 Å². The van der Waals surface area contributed by atoms with Gasteiger partial charge < -0.3 is 14.6 Å². The Morgan fingerprint density at radius 3 is 3.04 bits per heavy atom. The van der Waals surface area contributed by atoms with Crippen LogP contribution < -0.4 is 15.0 Å². The molecule has 0 bridgehead atoms. The molecule has 0 saturated carbocycles. The Balaban J connectivity index is 1.51. The summed E-state index contributed by atoms with van der Waals surface area (Å²) in [5.74, 6) is 1.25. The predicted octanol–water partition coefficient (Wildman–Crippen LogP) is 1.61. The van der Waals surface area contributed by atoms with E-state index in [1.165, 1.54) is 4.90 Å². The molecule has 132 valence electrons. The molecule has 0 saturated heterocycles. The van der Waals surface area contributed by atoms with E-state index in [-0.39, 0.29) is 25.0 Å². The maximum absolute atomic E-state index is 12.1. The molecule has 0 spiro atoms. The van der Waals surface area contributed by atoms with Gasteiger partial charge in [-0.15, -0.1) is 0 Å². The number of ether oxygens (including phenoxy) is 1. The van der Waals surface area contributed by atoms with Gasteiger partial charge in [-0.2, -0.15) is 4.98 Å². The van der Waals surface area contributed by atoms with Crippen molar-refractivity contribution in [3.8, 4) is 5.75 Å². The average molecular weight is 409 g/mol. The number of halogens is 1. The SMILES string of the molecule is Cc1noc(CCCNC(=O)CN2C(=O)COc3cc(Br)ccc32)n1. The lowest BCUT2D eigenvalue weighted by Crippen LogP contribution is -2.45. The molecule has 2 aromatic rings. The molecule has 1 aliphatic heterocycles. The summed E-state index contributed by atoms with van der Waals surface area (Å²) >= 11 is 3.36. The van der Waals surface area contributed by atoms with Crippen LogP contribution in [0.2, 0.25) is 0 Å². The minimum atomic E-state index is -0.244. The van der Waals surface area contributed by atoms with Crippen LogP contribution in [-0.2, 0) is 16.0 Å². The van der Waals surface area contributed by atoms with Crippen LogP contribution in [0.15, 0.2) is 27.2 Å². The standard InChI is InChI=1S/C16H17BrN4O4/c1-10-19-15(25-20-10)3-2-6-18-14(22)8-21-12-5-4-11(17)7-13(12)24-9-16(21)23/h4-5,7H,2-3,6,8-9H2,1H3,(H,18,22). The number of anilines is 1. The highest BCUT2D eigenvalue weighted by Crippen LogP contribution is 2.34. The first-order valence-corrected chi connectivity index (χ1v) is 8.61. The number of aromatic nitrogens is 2. The van der Waals surface area contributed by atoms with Gasteiger partial charge in [0, 0.05) is 17.4 Å². The first-order valence-electron chi connectivity index (χ1n) is 7.81. The summed E-state index contributed by atoms with van der Waals surface area (Å²) in [6, 6.07) is 5.33. The topological polar surface area (TPSA) is 97.6 Å². The average Bonchev–Trinajstić information content (AvgIpc) is 2.99. The Bertz CT molecular complexity index is 792. The fourth-order valence-corrected chi connectivity index (χ4v) is 2.80. The zero-order chi connectivity index (χ0) is 17.8. The molecule has 25 heavy (non-hydrogen) atoms. The third kappa shape index (κ3) is 4.36. The Kier molecular flexibility index (Phi) is 5.32. The van der Waals surface area contributed by atoms with Crippen molar-refractivity contribution in [1.82, 2.24) is 15.5 Å². The van der Waals surface area contributed by atoms with Crippen LogP contribution >= 0.6 is 15.9 Å². The molecule has 2 heterocycles. The minimum Gasteiger partial charge on any atom is -0.482 e. The summed E-state index contributed by atoms with van der Waals surface area (Å²) in [5, 5.41) is 6.51.